The van der Waals surface area contributed by atoms with Crippen molar-refractivity contribution in [3.8, 4) is 0 Å². The molecule has 0 radical (unpaired) electrons. The van der Waals surface area contributed by atoms with Gasteiger partial charge in [-0.25, -0.2) is 0 Å². The molecule has 0 nitrogen and oxygen atoms in total. The normalized spacial score (nSPS) is 12.9. The Morgan fingerprint density at radius 1 is 1.46 bits per heavy atom. The molecule has 1 aromatic rings. The zero-order valence-corrected chi connectivity index (χ0v) is 10.3. The topological polar surface area (TPSA) is 0 Å². The molecular weight excluding hydrogens is 247 g/mol. The Balaban J connectivity index is 2.63. The molecule has 1 aromatic carbocycles. The lowest BCUT2D eigenvalue weighted by molar-refractivity contribution is 0.822. The van der Waals surface area contributed by atoms with Crippen molar-refractivity contribution in [2.45, 2.75) is 31.5 Å². The molecule has 0 aliphatic heterocycles. The minimum Gasteiger partial charge on any atom is -0.0894 e. The number of aryl methyl sites for hydroxylation is 2. The maximum atomic E-state index is 6.02. The molecule has 0 amide bonds. The summed E-state index contributed by atoms with van der Waals surface area (Å²) < 4.78 is 0. The van der Waals surface area contributed by atoms with Crippen molar-refractivity contribution in [2.24, 2.45) is 0 Å². The minimum absolute atomic E-state index is 0.576. The lowest BCUT2D eigenvalue weighted by Crippen LogP contribution is -1.94. The summed E-state index contributed by atoms with van der Waals surface area (Å²) in [5.41, 5.74) is 2.47. The van der Waals surface area contributed by atoms with Crippen LogP contribution in [0.5, 0.6) is 0 Å². The van der Waals surface area contributed by atoms with E-state index in [-0.39, 0.29) is 0 Å². The zero-order chi connectivity index (χ0) is 9.84. The Hall–Kier alpha value is -0.0100. The average Bonchev–Trinajstić information content (AvgIpc) is 2.07. The van der Waals surface area contributed by atoms with Crippen LogP contribution in [0.25, 0.3) is 0 Å². The van der Waals surface area contributed by atoms with Crippen molar-refractivity contribution in [3.05, 3.63) is 34.3 Å². The van der Waals surface area contributed by atoms with E-state index in [0.717, 1.165) is 23.4 Å². The second-order valence-corrected chi connectivity index (χ2v) is 5.37. The van der Waals surface area contributed by atoms with Crippen LogP contribution in [0.2, 0.25) is 5.02 Å². The molecule has 0 saturated heterocycles. The fourth-order valence-corrected chi connectivity index (χ4v) is 1.59. The van der Waals surface area contributed by atoms with Gasteiger partial charge < -0.3 is 0 Å². The fraction of sp³-hybridized carbons (Fsp3) is 0.455. The smallest absolute Gasteiger partial charge is 0.0437 e. The first-order valence-electron chi connectivity index (χ1n) is 4.48. The molecule has 1 rings (SSSR count). The van der Waals surface area contributed by atoms with Crippen molar-refractivity contribution in [1.82, 2.24) is 0 Å². The Morgan fingerprint density at radius 3 is 2.69 bits per heavy atom. The Bertz CT molecular complexity index is 281. The van der Waals surface area contributed by atoms with Crippen molar-refractivity contribution in [1.29, 1.82) is 0 Å². The molecule has 0 fully saturated rings. The molecule has 72 valence electrons. The van der Waals surface area contributed by atoms with E-state index < -0.39 is 0 Å². The van der Waals surface area contributed by atoms with Crippen LogP contribution in [0, 0.1) is 6.92 Å². The van der Waals surface area contributed by atoms with Crippen LogP contribution in [0.15, 0.2) is 18.2 Å². The molecule has 0 bridgehead atoms. The van der Waals surface area contributed by atoms with E-state index in [1.165, 1.54) is 5.56 Å². The van der Waals surface area contributed by atoms with Gasteiger partial charge in [-0.2, -0.15) is 0 Å². The van der Waals surface area contributed by atoms with Gasteiger partial charge in [0.1, 0.15) is 0 Å². The molecule has 1 unspecified atom stereocenters. The lowest BCUT2D eigenvalue weighted by atomic mass is 10.1. The van der Waals surface area contributed by atoms with E-state index in [4.69, 9.17) is 11.6 Å². The highest BCUT2D eigenvalue weighted by molar-refractivity contribution is 9.09. The maximum absolute atomic E-state index is 6.02. The third-order valence-electron chi connectivity index (χ3n) is 2.07. The number of alkyl halides is 1. The quantitative estimate of drug-likeness (QED) is 0.709. The Morgan fingerprint density at radius 2 is 2.15 bits per heavy atom. The number of benzene rings is 1. The van der Waals surface area contributed by atoms with Crippen molar-refractivity contribution in [2.75, 3.05) is 0 Å². The van der Waals surface area contributed by atoms with Gasteiger partial charge in [-0.1, -0.05) is 46.6 Å². The number of hydrogen-bond acceptors (Lipinski definition) is 0. The van der Waals surface area contributed by atoms with E-state index >= 15 is 0 Å². The summed E-state index contributed by atoms with van der Waals surface area (Å²) >= 11 is 9.55. The first kappa shape index (κ1) is 11.1. The van der Waals surface area contributed by atoms with Crippen molar-refractivity contribution in [3.63, 3.8) is 0 Å². The molecule has 0 spiro atoms. The summed E-state index contributed by atoms with van der Waals surface area (Å²) in [6, 6.07) is 6.29. The van der Waals surface area contributed by atoms with Gasteiger partial charge >= 0.3 is 0 Å². The van der Waals surface area contributed by atoms with E-state index in [1.54, 1.807) is 0 Å². The molecular formula is C11H14BrCl. The van der Waals surface area contributed by atoms with Crippen molar-refractivity contribution >= 4 is 27.5 Å². The van der Waals surface area contributed by atoms with Crippen LogP contribution < -0.4 is 0 Å². The van der Waals surface area contributed by atoms with E-state index in [9.17, 15) is 0 Å². The van der Waals surface area contributed by atoms with Gasteiger partial charge in [0.25, 0.3) is 0 Å². The predicted octanol–water partition coefficient (Wildman–Crippen LogP) is 4.36. The maximum Gasteiger partial charge on any atom is 0.0437 e. The second-order valence-electron chi connectivity index (χ2n) is 3.40. The van der Waals surface area contributed by atoms with Crippen LogP contribution in [-0.4, -0.2) is 4.83 Å². The molecule has 1 atom stereocenters. The minimum atomic E-state index is 0.576. The van der Waals surface area contributed by atoms with Crippen molar-refractivity contribution < 1.29 is 0 Å². The third-order valence-corrected chi connectivity index (χ3v) is 2.93. The molecule has 0 aliphatic rings. The van der Waals surface area contributed by atoms with Gasteiger partial charge in [-0.3, -0.25) is 0 Å². The molecule has 0 heterocycles. The fourth-order valence-electron chi connectivity index (χ4n) is 1.16. The largest absolute Gasteiger partial charge is 0.0894 e. The lowest BCUT2D eigenvalue weighted by Gasteiger charge is -2.05. The van der Waals surface area contributed by atoms with Crippen LogP contribution in [0.1, 0.15) is 24.5 Å². The van der Waals surface area contributed by atoms with Gasteiger partial charge in [-0.05, 0) is 37.0 Å². The molecule has 0 aliphatic carbocycles. The average molecular weight is 262 g/mol. The molecule has 0 N–H and O–H groups in total. The van der Waals surface area contributed by atoms with E-state index in [1.807, 2.05) is 6.92 Å². The van der Waals surface area contributed by atoms with Gasteiger partial charge in [0, 0.05) is 9.85 Å². The summed E-state index contributed by atoms with van der Waals surface area (Å²) in [5.74, 6) is 0. The summed E-state index contributed by atoms with van der Waals surface area (Å²) in [4.78, 5) is 0.576. The van der Waals surface area contributed by atoms with Crippen LogP contribution in [0.4, 0.5) is 0 Å². The zero-order valence-electron chi connectivity index (χ0n) is 7.98. The predicted molar refractivity (Wildman–Crippen MR) is 62.9 cm³/mol. The van der Waals surface area contributed by atoms with Gasteiger partial charge in [0.05, 0.1) is 0 Å². The third kappa shape index (κ3) is 3.70. The molecule has 0 saturated carbocycles. The first-order chi connectivity index (χ1) is 6.09. The summed E-state index contributed by atoms with van der Waals surface area (Å²) in [7, 11) is 0. The summed E-state index contributed by atoms with van der Waals surface area (Å²) in [6.07, 6.45) is 2.24. The second kappa shape index (κ2) is 5.02. The molecule has 0 aromatic heterocycles. The van der Waals surface area contributed by atoms with Crippen LogP contribution in [0.3, 0.4) is 0 Å². The van der Waals surface area contributed by atoms with Crippen LogP contribution >= 0.6 is 27.5 Å². The van der Waals surface area contributed by atoms with E-state index in [0.29, 0.717) is 4.83 Å². The highest BCUT2D eigenvalue weighted by Crippen LogP contribution is 2.18. The van der Waals surface area contributed by atoms with Gasteiger partial charge in [0.2, 0.25) is 0 Å². The molecule has 13 heavy (non-hydrogen) atoms. The SMILES string of the molecule is Cc1ccc(CCC(C)Br)cc1Cl. The summed E-state index contributed by atoms with van der Waals surface area (Å²) in [6.45, 7) is 4.19. The van der Waals surface area contributed by atoms with Gasteiger partial charge in [0.15, 0.2) is 0 Å². The van der Waals surface area contributed by atoms with Gasteiger partial charge in [-0.15, -0.1) is 0 Å². The van der Waals surface area contributed by atoms with Crippen LogP contribution in [-0.2, 0) is 6.42 Å². The van der Waals surface area contributed by atoms with E-state index in [2.05, 4.69) is 41.1 Å². The number of hydrogen-bond donors (Lipinski definition) is 0. The molecule has 2 heteroatoms. The first-order valence-corrected chi connectivity index (χ1v) is 5.78. The number of rotatable bonds is 3. The Labute approximate surface area is 93.4 Å². The number of halogens is 2. The highest BCUT2D eigenvalue weighted by Gasteiger charge is 2.00. The Kier molecular flexibility index (Phi) is 4.27. The highest BCUT2D eigenvalue weighted by atomic mass is 79.9. The summed E-state index contributed by atoms with van der Waals surface area (Å²) in [5, 5.41) is 0.875. The standard InChI is InChI=1S/C11H14BrCl/c1-8-3-5-10(7-11(8)13)6-4-9(2)12/h3,5,7,9H,4,6H2,1-2H3. The monoisotopic (exact) mass is 260 g/mol.